The number of hydrogen-bond donors (Lipinski definition) is 0. The third-order valence-corrected chi connectivity index (χ3v) is 9.30. The molecule has 0 rings (SSSR count). The Morgan fingerprint density at radius 3 is 1.62 bits per heavy atom. The van der Waals surface area contributed by atoms with Crippen molar-refractivity contribution in [1.29, 1.82) is 0 Å². The standard InChI is InChI=1S/C13H28O2Si/c1-9-14-13(8)15-16(10(2)3,11(4)5)12(6)7/h10-12H,8-9H2,1-7H3. The van der Waals surface area contributed by atoms with Gasteiger partial charge in [-0.2, -0.15) is 0 Å². The van der Waals surface area contributed by atoms with Gasteiger partial charge in [-0.05, 0) is 30.1 Å². The molecule has 0 bridgehead atoms. The molecule has 0 unspecified atom stereocenters. The van der Waals surface area contributed by atoms with Crippen LogP contribution in [0.2, 0.25) is 16.6 Å². The number of hydrogen-bond acceptors (Lipinski definition) is 2. The van der Waals surface area contributed by atoms with Crippen LogP contribution in [0, 0.1) is 0 Å². The minimum absolute atomic E-state index is 0.505. The van der Waals surface area contributed by atoms with Gasteiger partial charge in [0.2, 0.25) is 0 Å². The van der Waals surface area contributed by atoms with Crippen molar-refractivity contribution < 1.29 is 9.16 Å². The minimum atomic E-state index is -1.85. The predicted octanol–water partition coefficient (Wildman–Crippen LogP) is 4.69. The molecule has 0 aliphatic heterocycles. The summed E-state index contributed by atoms with van der Waals surface area (Å²) in [5.41, 5.74) is 1.68. The highest BCUT2D eigenvalue weighted by Gasteiger charge is 2.47. The lowest BCUT2D eigenvalue weighted by atomic mass is 10.5. The van der Waals surface area contributed by atoms with Gasteiger partial charge in [0.15, 0.2) is 0 Å². The molecular weight excluding hydrogens is 216 g/mol. The smallest absolute Gasteiger partial charge is 0.262 e. The zero-order valence-corrected chi connectivity index (χ0v) is 13.0. The molecule has 0 radical (unpaired) electrons. The fourth-order valence-corrected chi connectivity index (χ4v) is 7.90. The fraction of sp³-hybridized carbons (Fsp3) is 0.846. The zero-order chi connectivity index (χ0) is 12.9. The highest BCUT2D eigenvalue weighted by atomic mass is 28.4. The first-order chi connectivity index (χ1) is 7.28. The molecule has 96 valence electrons. The second kappa shape index (κ2) is 6.33. The molecule has 0 fully saturated rings. The van der Waals surface area contributed by atoms with Gasteiger partial charge in [-0.3, -0.25) is 0 Å². The third-order valence-electron chi connectivity index (χ3n) is 3.30. The second-order valence-corrected chi connectivity index (χ2v) is 10.6. The molecular formula is C13H28O2Si. The van der Waals surface area contributed by atoms with Crippen molar-refractivity contribution in [2.45, 2.75) is 65.1 Å². The van der Waals surface area contributed by atoms with Crippen molar-refractivity contribution in [3.05, 3.63) is 12.5 Å². The van der Waals surface area contributed by atoms with E-state index in [1.807, 2.05) is 6.92 Å². The first-order valence-electron chi connectivity index (χ1n) is 6.29. The Morgan fingerprint density at radius 1 is 1.00 bits per heavy atom. The quantitative estimate of drug-likeness (QED) is 0.478. The molecule has 0 N–H and O–H groups in total. The summed E-state index contributed by atoms with van der Waals surface area (Å²) in [5.74, 6) is 0.505. The first-order valence-corrected chi connectivity index (χ1v) is 8.43. The van der Waals surface area contributed by atoms with Gasteiger partial charge in [-0.1, -0.05) is 41.5 Å². The van der Waals surface area contributed by atoms with Gasteiger partial charge in [0, 0.05) is 0 Å². The zero-order valence-electron chi connectivity index (χ0n) is 12.0. The maximum atomic E-state index is 6.18. The lowest BCUT2D eigenvalue weighted by Gasteiger charge is -2.42. The van der Waals surface area contributed by atoms with Crippen LogP contribution in [0.3, 0.4) is 0 Å². The molecule has 0 spiro atoms. The summed E-state index contributed by atoms with van der Waals surface area (Å²) in [4.78, 5) is 0. The molecule has 0 saturated carbocycles. The van der Waals surface area contributed by atoms with Gasteiger partial charge in [0.1, 0.15) is 0 Å². The number of ether oxygens (including phenoxy) is 1. The summed E-state index contributed by atoms with van der Waals surface area (Å²) >= 11 is 0. The lowest BCUT2D eigenvalue weighted by Crippen LogP contribution is -2.47. The van der Waals surface area contributed by atoms with Crippen LogP contribution in [0.5, 0.6) is 0 Å². The van der Waals surface area contributed by atoms with E-state index in [0.717, 1.165) is 0 Å². The normalized spacial score (nSPS) is 12.4. The predicted molar refractivity (Wildman–Crippen MR) is 72.9 cm³/mol. The largest absolute Gasteiger partial charge is 0.519 e. The molecule has 0 amide bonds. The molecule has 0 aliphatic rings. The fourth-order valence-electron chi connectivity index (χ4n) is 2.74. The van der Waals surface area contributed by atoms with Crippen molar-refractivity contribution in [2.75, 3.05) is 6.61 Å². The van der Waals surface area contributed by atoms with Gasteiger partial charge in [-0.25, -0.2) is 0 Å². The van der Waals surface area contributed by atoms with Crippen LogP contribution < -0.4 is 0 Å². The van der Waals surface area contributed by atoms with Gasteiger partial charge in [-0.15, -0.1) is 0 Å². The molecule has 0 aromatic rings. The van der Waals surface area contributed by atoms with E-state index in [0.29, 0.717) is 29.2 Å². The first kappa shape index (κ1) is 15.6. The summed E-state index contributed by atoms with van der Waals surface area (Å²) in [7, 11) is -1.85. The molecule has 0 aromatic carbocycles. The van der Waals surface area contributed by atoms with Gasteiger partial charge < -0.3 is 9.16 Å². The van der Waals surface area contributed by atoms with Crippen molar-refractivity contribution in [1.82, 2.24) is 0 Å². The maximum Gasteiger partial charge on any atom is 0.262 e. The molecule has 0 aromatic heterocycles. The average Bonchev–Trinajstić information content (AvgIpc) is 2.12. The summed E-state index contributed by atoms with van der Waals surface area (Å²) in [6.45, 7) is 20.0. The molecule has 0 heterocycles. The van der Waals surface area contributed by atoms with Crippen LogP contribution in [0.4, 0.5) is 0 Å². The Labute approximate surface area is 102 Å². The minimum Gasteiger partial charge on any atom is -0.519 e. The van der Waals surface area contributed by atoms with Crippen LogP contribution in [0.25, 0.3) is 0 Å². The summed E-state index contributed by atoms with van der Waals surface area (Å²) in [5, 5.41) is 0. The molecule has 16 heavy (non-hydrogen) atoms. The monoisotopic (exact) mass is 244 g/mol. The SMILES string of the molecule is C=C(OCC)O[Si](C(C)C)(C(C)C)C(C)C. The Kier molecular flexibility index (Phi) is 6.16. The Balaban J connectivity index is 4.98. The molecule has 0 atom stereocenters. The van der Waals surface area contributed by atoms with Crippen LogP contribution in [-0.4, -0.2) is 14.9 Å². The topological polar surface area (TPSA) is 18.5 Å². The van der Waals surface area contributed by atoms with E-state index in [4.69, 9.17) is 9.16 Å². The highest BCUT2D eigenvalue weighted by molar-refractivity contribution is 6.77. The van der Waals surface area contributed by atoms with Crippen molar-refractivity contribution in [3.8, 4) is 0 Å². The van der Waals surface area contributed by atoms with Crippen molar-refractivity contribution in [3.63, 3.8) is 0 Å². The van der Waals surface area contributed by atoms with Crippen LogP contribution in [0.15, 0.2) is 12.5 Å². The summed E-state index contributed by atoms with van der Waals surface area (Å²) in [6.07, 6.45) is 0. The summed E-state index contributed by atoms with van der Waals surface area (Å²) < 4.78 is 11.6. The second-order valence-electron chi connectivity index (χ2n) is 5.22. The maximum absolute atomic E-state index is 6.18. The van der Waals surface area contributed by atoms with E-state index in [1.54, 1.807) is 0 Å². The molecule has 0 saturated heterocycles. The molecule has 0 aliphatic carbocycles. The number of rotatable bonds is 7. The Morgan fingerprint density at radius 2 is 1.38 bits per heavy atom. The van der Waals surface area contributed by atoms with E-state index in [-0.39, 0.29) is 0 Å². The van der Waals surface area contributed by atoms with Gasteiger partial charge in [0.25, 0.3) is 14.3 Å². The Bertz CT molecular complexity index is 200. The molecule has 2 nitrogen and oxygen atoms in total. The van der Waals surface area contributed by atoms with Crippen LogP contribution in [-0.2, 0) is 9.16 Å². The lowest BCUT2D eigenvalue weighted by molar-refractivity contribution is 0.106. The Hall–Kier alpha value is -0.443. The summed E-state index contributed by atoms with van der Waals surface area (Å²) in [6, 6.07) is 0. The van der Waals surface area contributed by atoms with E-state index in [9.17, 15) is 0 Å². The van der Waals surface area contributed by atoms with E-state index in [1.165, 1.54) is 0 Å². The van der Waals surface area contributed by atoms with Crippen molar-refractivity contribution in [2.24, 2.45) is 0 Å². The van der Waals surface area contributed by atoms with E-state index >= 15 is 0 Å². The van der Waals surface area contributed by atoms with E-state index in [2.05, 4.69) is 48.1 Å². The van der Waals surface area contributed by atoms with Crippen LogP contribution in [0.1, 0.15) is 48.5 Å². The van der Waals surface area contributed by atoms with Gasteiger partial charge >= 0.3 is 0 Å². The van der Waals surface area contributed by atoms with Gasteiger partial charge in [0.05, 0.1) is 6.61 Å². The average molecular weight is 244 g/mol. The molecule has 3 heteroatoms. The third kappa shape index (κ3) is 3.27. The van der Waals surface area contributed by atoms with Crippen LogP contribution >= 0.6 is 0 Å². The van der Waals surface area contributed by atoms with Crippen molar-refractivity contribution >= 4 is 8.32 Å². The highest BCUT2D eigenvalue weighted by Crippen LogP contribution is 2.43. The van der Waals surface area contributed by atoms with E-state index < -0.39 is 8.32 Å².